The van der Waals surface area contributed by atoms with Crippen molar-refractivity contribution in [3.8, 4) is 0 Å². The van der Waals surface area contributed by atoms with Gasteiger partial charge in [-0.2, -0.15) is 0 Å². The molecule has 124 valence electrons. The van der Waals surface area contributed by atoms with Crippen LogP contribution in [0.25, 0.3) is 0 Å². The third-order valence-corrected chi connectivity index (χ3v) is 4.03. The first-order valence-corrected chi connectivity index (χ1v) is 7.39. The van der Waals surface area contributed by atoms with Crippen LogP contribution in [0.4, 0.5) is 0 Å². The highest BCUT2D eigenvalue weighted by molar-refractivity contribution is 5.85. The summed E-state index contributed by atoms with van der Waals surface area (Å²) in [5, 5.41) is 2.91. The lowest BCUT2D eigenvalue weighted by molar-refractivity contribution is -0.122. The molecule has 0 aliphatic heterocycles. The van der Waals surface area contributed by atoms with Crippen molar-refractivity contribution in [3.05, 3.63) is 33.1 Å². The molecule has 0 radical (unpaired) electrons. The van der Waals surface area contributed by atoms with Crippen molar-refractivity contribution in [2.24, 2.45) is 11.7 Å². The Bertz CT molecular complexity index is 592. The molecule has 1 heterocycles. The van der Waals surface area contributed by atoms with Crippen molar-refractivity contribution in [3.63, 3.8) is 0 Å². The molecule has 0 bridgehead atoms. The quantitative estimate of drug-likeness (QED) is 0.704. The van der Waals surface area contributed by atoms with Gasteiger partial charge in [0.2, 0.25) is 5.91 Å². The standard InChI is InChI=1S/C14H22N4O3.ClH/c15-8-11(10-4-2-1-3-5-10)16-13(20)9-18-7-6-12(19)17-14(18)21;/h6-7,10-11H,1-5,8-9,15H2,(H,16,20)(H,17,19,21);1H. The summed E-state index contributed by atoms with van der Waals surface area (Å²) in [6.07, 6.45) is 7.08. The van der Waals surface area contributed by atoms with Crippen LogP contribution in [0.15, 0.2) is 21.9 Å². The lowest BCUT2D eigenvalue weighted by Crippen LogP contribution is -2.47. The maximum absolute atomic E-state index is 12.0. The Kier molecular flexibility index (Phi) is 7.34. The summed E-state index contributed by atoms with van der Waals surface area (Å²) >= 11 is 0. The largest absolute Gasteiger partial charge is 0.350 e. The SMILES string of the molecule is Cl.NCC(NC(=O)Cn1ccc(=O)[nH]c1=O)C1CCCCC1. The summed E-state index contributed by atoms with van der Waals surface area (Å²) in [5.74, 6) is 0.158. The number of halogens is 1. The van der Waals surface area contributed by atoms with Gasteiger partial charge in [0, 0.05) is 24.8 Å². The zero-order valence-corrected chi connectivity index (χ0v) is 13.2. The molecule has 1 saturated carbocycles. The van der Waals surface area contributed by atoms with E-state index >= 15 is 0 Å². The van der Waals surface area contributed by atoms with E-state index in [-0.39, 0.29) is 30.9 Å². The molecule has 0 saturated heterocycles. The van der Waals surface area contributed by atoms with Gasteiger partial charge in [-0.15, -0.1) is 12.4 Å². The van der Waals surface area contributed by atoms with Crippen LogP contribution in [0, 0.1) is 5.92 Å². The Hall–Kier alpha value is -1.60. The number of nitrogens with one attached hydrogen (secondary N) is 2. The molecule has 1 amide bonds. The number of aromatic nitrogens is 2. The summed E-state index contributed by atoms with van der Waals surface area (Å²) in [5.41, 5.74) is 4.71. The maximum Gasteiger partial charge on any atom is 0.328 e. The fourth-order valence-corrected chi connectivity index (χ4v) is 2.88. The van der Waals surface area contributed by atoms with Crippen LogP contribution in [0.5, 0.6) is 0 Å². The molecular formula is C14H23ClN4O3. The Morgan fingerprint density at radius 1 is 1.36 bits per heavy atom. The van der Waals surface area contributed by atoms with Gasteiger partial charge in [0.05, 0.1) is 0 Å². The van der Waals surface area contributed by atoms with E-state index in [0.717, 1.165) is 12.8 Å². The number of nitrogens with zero attached hydrogens (tertiary/aromatic N) is 1. The number of nitrogens with two attached hydrogens (primary N) is 1. The van der Waals surface area contributed by atoms with Crippen LogP contribution in [-0.4, -0.2) is 28.0 Å². The highest BCUT2D eigenvalue weighted by Gasteiger charge is 2.24. The first-order valence-electron chi connectivity index (χ1n) is 7.39. The Balaban J connectivity index is 0.00000242. The van der Waals surface area contributed by atoms with E-state index in [4.69, 9.17) is 5.73 Å². The van der Waals surface area contributed by atoms with Crippen LogP contribution in [0.2, 0.25) is 0 Å². The predicted octanol–water partition coefficient (Wildman–Crippen LogP) is -0.0178. The van der Waals surface area contributed by atoms with Crippen LogP contribution in [0.3, 0.4) is 0 Å². The van der Waals surface area contributed by atoms with Gasteiger partial charge in [0.1, 0.15) is 6.54 Å². The number of amides is 1. The second kappa shape index (κ2) is 8.75. The van der Waals surface area contributed by atoms with Crippen molar-refractivity contribution < 1.29 is 4.79 Å². The van der Waals surface area contributed by atoms with E-state index in [0.29, 0.717) is 12.5 Å². The number of hydrogen-bond acceptors (Lipinski definition) is 4. The zero-order chi connectivity index (χ0) is 15.2. The zero-order valence-electron chi connectivity index (χ0n) is 12.4. The van der Waals surface area contributed by atoms with Gasteiger partial charge in [-0.3, -0.25) is 19.1 Å². The summed E-state index contributed by atoms with van der Waals surface area (Å²) in [7, 11) is 0. The molecule has 0 aromatic carbocycles. The highest BCUT2D eigenvalue weighted by Crippen LogP contribution is 2.26. The molecule has 1 aromatic rings. The van der Waals surface area contributed by atoms with Crippen molar-refractivity contribution in [2.75, 3.05) is 6.54 Å². The third kappa shape index (κ3) is 4.99. The number of H-pyrrole nitrogens is 1. The first kappa shape index (κ1) is 18.4. The molecule has 1 aliphatic rings. The number of carbonyl (C=O) groups is 1. The van der Waals surface area contributed by atoms with Crippen LogP contribution in [-0.2, 0) is 11.3 Å². The normalized spacial score (nSPS) is 16.6. The van der Waals surface area contributed by atoms with Gasteiger partial charge in [0.25, 0.3) is 5.56 Å². The monoisotopic (exact) mass is 330 g/mol. The van der Waals surface area contributed by atoms with E-state index in [1.807, 2.05) is 0 Å². The summed E-state index contributed by atoms with van der Waals surface area (Å²) in [6, 6.07) is 1.17. The average molecular weight is 331 g/mol. The Morgan fingerprint density at radius 2 is 2.05 bits per heavy atom. The van der Waals surface area contributed by atoms with Crippen molar-refractivity contribution >= 4 is 18.3 Å². The van der Waals surface area contributed by atoms with Crippen LogP contribution >= 0.6 is 12.4 Å². The molecule has 8 heteroatoms. The van der Waals surface area contributed by atoms with Crippen molar-refractivity contribution in [1.82, 2.24) is 14.9 Å². The smallest absolute Gasteiger partial charge is 0.328 e. The average Bonchev–Trinajstić information content (AvgIpc) is 2.48. The first-order chi connectivity index (χ1) is 10.1. The molecule has 22 heavy (non-hydrogen) atoms. The molecule has 1 aliphatic carbocycles. The van der Waals surface area contributed by atoms with Gasteiger partial charge in [0.15, 0.2) is 0 Å². The molecule has 0 spiro atoms. The van der Waals surface area contributed by atoms with E-state index in [9.17, 15) is 14.4 Å². The minimum atomic E-state index is -0.584. The fourth-order valence-electron chi connectivity index (χ4n) is 2.88. The topological polar surface area (TPSA) is 110 Å². The predicted molar refractivity (Wildman–Crippen MR) is 86.1 cm³/mol. The van der Waals surface area contributed by atoms with E-state index < -0.39 is 11.2 Å². The molecular weight excluding hydrogens is 308 g/mol. The van der Waals surface area contributed by atoms with Gasteiger partial charge < -0.3 is 11.1 Å². The molecule has 1 unspecified atom stereocenters. The lowest BCUT2D eigenvalue weighted by Gasteiger charge is -2.30. The van der Waals surface area contributed by atoms with Crippen molar-refractivity contribution in [2.45, 2.75) is 44.7 Å². The number of hydrogen-bond donors (Lipinski definition) is 3. The van der Waals surface area contributed by atoms with E-state index in [2.05, 4.69) is 10.3 Å². The van der Waals surface area contributed by atoms with Gasteiger partial charge in [-0.05, 0) is 18.8 Å². The van der Waals surface area contributed by atoms with E-state index in [1.165, 1.54) is 36.1 Å². The number of carbonyl (C=O) groups excluding carboxylic acids is 1. The third-order valence-electron chi connectivity index (χ3n) is 4.03. The summed E-state index contributed by atoms with van der Waals surface area (Å²) < 4.78 is 1.17. The Morgan fingerprint density at radius 3 is 2.64 bits per heavy atom. The van der Waals surface area contributed by atoms with Gasteiger partial charge >= 0.3 is 5.69 Å². The summed E-state index contributed by atoms with van der Waals surface area (Å²) in [6.45, 7) is 0.287. The molecule has 1 atom stereocenters. The van der Waals surface area contributed by atoms with Gasteiger partial charge in [-0.25, -0.2) is 4.79 Å². The molecule has 2 rings (SSSR count). The second-order valence-electron chi connectivity index (χ2n) is 5.55. The fraction of sp³-hybridized carbons (Fsp3) is 0.643. The van der Waals surface area contributed by atoms with Crippen LogP contribution in [0.1, 0.15) is 32.1 Å². The molecule has 1 aromatic heterocycles. The molecule has 4 N–H and O–H groups in total. The minimum Gasteiger partial charge on any atom is -0.350 e. The molecule has 7 nitrogen and oxygen atoms in total. The van der Waals surface area contributed by atoms with Crippen molar-refractivity contribution in [1.29, 1.82) is 0 Å². The van der Waals surface area contributed by atoms with Gasteiger partial charge in [-0.1, -0.05) is 19.3 Å². The highest BCUT2D eigenvalue weighted by atomic mass is 35.5. The maximum atomic E-state index is 12.0. The lowest BCUT2D eigenvalue weighted by atomic mass is 9.84. The second-order valence-corrected chi connectivity index (χ2v) is 5.55. The number of aromatic amines is 1. The summed E-state index contributed by atoms with van der Waals surface area (Å²) in [4.78, 5) is 36.7. The Labute approximate surface area is 134 Å². The molecule has 1 fully saturated rings. The van der Waals surface area contributed by atoms with E-state index in [1.54, 1.807) is 0 Å². The minimum absolute atomic E-state index is 0. The van der Waals surface area contributed by atoms with Crippen LogP contribution < -0.4 is 22.3 Å². The number of rotatable bonds is 5.